The lowest BCUT2D eigenvalue weighted by Crippen LogP contribution is -2.43. The Bertz CT molecular complexity index is 373. The molecule has 0 atom stereocenters. The van der Waals surface area contributed by atoms with Gasteiger partial charge in [0.1, 0.15) is 0 Å². The van der Waals surface area contributed by atoms with Gasteiger partial charge in [-0.25, -0.2) is 0 Å². The molecule has 4 heteroatoms. The lowest BCUT2D eigenvalue weighted by atomic mass is 10.1. The summed E-state index contributed by atoms with van der Waals surface area (Å²) in [6.07, 6.45) is 0. The fourth-order valence-electron chi connectivity index (χ4n) is 2.15. The van der Waals surface area contributed by atoms with E-state index in [0.29, 0.717) is 0 Å². The quantitative estimate of drug-likeness (QED) is 0.798. The first-order valence-electron chi connectivity index (χ1n) is 6.09. The average Bonchev–Trinajstić information content (AvgIpc) is 2.32. The van der Waals surface area contributed by atoms with Gasteiger partial charge in [0.2, 0.25) is 0 Å². The molecular formula is C13H21N3O. The topological polar surface area (TPSA) is 27.7 Å². The van der Waals surface area contributed by atoms with Crippen molar-refractivity contribution in [3.8, 4) is 5.75 Å². The number of anilines is 1. The molecule has 0 radical (unpaired) electrons. The second-order valence-electron chi connectivity index (χ2n) is 4.54. The molecule has 17 heavy (non-hydrogen) atoms. The van der Waals surface area contributed by atoms with Crippen molar-refractivity contribution in [3.05, 3.63) is 23.8 Å². The van der Waals surface area contributed by atoms with Gasteiger partial charge >= 0.3 is 0 Å². The fourth-order valence-corrected chi connectivity index (χ4v) is 2.15. The highest BCUT2D eigenvalue weighted by atomic mass is 16.7. The molecule has 0 amide bonds. The van der Waals surface area contributed by atoms with Crippen LogP contribution in [0.15, 0.2) is 18.2 Å². The normalized spacial score (nSPS) is 16.4. The van der Waals surface area contributed by atoms with Crippen molar-refractivity contribution in [2.45, 2.75) is 6.92 Å². The Morgan fingerprint density at radius 2 is 1.94 bits per heavy atom. The molecule has 0 spiro atoms. The predicted octanol–water partition coefficient (Wildman–Crippen LogP) is 1.26. The van der Waals surface area contributed by atoms with Crippen LogP contribution in [0.5, 0.6) is 5.75 Å². The maximum absolute atomic E-state index is 5.67. The summed E-state index contributed by atoms with van der Waals surface area (Å²) in [7, 11) is 3.80. The molecule has 1 fully saturated rings. The minimum absolute atomic E-state index is 0.936. The van der Waals surface area contributed by atoms with Gasteiger partial charge in [0.25, 0.3) is 0 Å². The summed E-state index contributed by atoms with van der Waals surface area (Å²) < 4.78 is 0. The van der Waals surface area contributed by atoms with Crippen LogP contribution in [0.4, 0.5) is 5.69 Å². The average molecular weight is 235 g/mol. The number of piperazine rings is 1. The van der Waals surface area contributed by atoms with E-state index in [9.17, 15) is 0 Å². The molecule has 4 nitrogen and oxygen atoms in total. The first-order chi connectivity index (χ1) is 8.18. The van der Waals surface area contributed by atoms with E-state index in [4.69, 9.17) is 4.84 Å². The molecule has 1 aliphatic rings. The van der Waals surface area contributed by atoms with E-state index in [1.807, 2.05) is 20.2 Å². The van der Waals surface area contributed by atoms with E-state index >= 15 is 0 Å². The van der Waals surface area contributed by atoms with Crippen LogP contribution in [-0.4, -0.2) is 45.3 Å². The van der Waals surface area contributed by atoms with Gasteiger partial charge in [0.15, 0.2) is 5.75 Å². The summed E-state index contributed by atoms with van der Waals surface area (Å²) in [5.41, 5.74) is 2.49. The van der Waals surface area contributed by atoms with Crippen molar-refractivity contribution in [2.75, 3.05) is 45.2 Å². The molecule has 0 aromatic heterocycles. The zero-order valence-corrected chi connectivity index (χ0v) is 10.9. The Labute approximate surface area is 103 Å². The van der Waals surface area contributed by atoms with Crippen LogP contribution in [0.25, 0.3) is 0 Å². The first kappa shape index (κ1) is 12.2. The van der Waals surface area contributed by atoms with E-state index in [1.165, 1.54) is 11.3 Å². The smallest absolute Gasteiger partial charge is 0.152 e. The van der Waals surface area contributed by atoms with Crippen molar-refractivity contribution in [3.63, 3.8) is 0 Å². The van der Waals surface area contributed by atoms with Crippen LogP contribution in [0.2, 0.25) is 0 Å². The van der Waals surface area contributed by atoms with Gasteiger partial charge in [0, 0.05) is 51.5 Å². The Kier molecular flexibility index (Phi) is 3.86. The standard InChI is InChI=1S/C13H21N3O/c1-11-12(16-9-7-14-8-10-16)5-4-6-13(11)17-15(2)3/h4-6,14H,7-10H2,1-3H3. The molecular weight excluding hydrogens is 214 g/mol. The highest BCUT2D eigenvalue weighted by molar-refractivity contribution is 5.58. The van der Waals surface area contributed by atoms with Crippen molar-refractivity contribution in [2.24, 2.45) is 0 Å². The lowest BCUT2D eigenvalue weighted by molar-refractivity contribution is -0.00395. The molecule has 1 heterocycles. The summed E-state index contributed by atoms with van der Waals surface area (Å²) in [5.74, 6) is 0.936. The molecule has 0 saturated carbocycles. The van der Waals surface area contributed by atoms with Crippen LogP contribution in [-0.2, 0) is 0 Å². The van der Waals surface area contributed by atoms with E-state index in [2.05, 4.69) is 29.3 Å². The molecule has 0 bridgehead atoms. The molecule has 1 aromatic rings. The Morgan fingerprint density at radius 1 is 1.24 bits per heavy atom. The van der Waals surface area contributed by atoms with Crippen LogP contribution < -0.4 is 15.1 Å². The van der Waals surface area contributed by atoms with E-state index < -0.39 is 0 Å². The van der Waals surface area contributed by atoms with Gasteiger partial charge in [-0.15, -0.1) is 0 Å². The number of hydroxylamine groups is 2. The van der Waals surface area contributed by atoms with Crippen molar-refractivity contribution >= 4 is 5.69 Å². The summed E-state index contributed by atoms with van der Waals surface area (Å²) in [5, 5.41) is 5.10. The first-order valence-corrected chi connectivity index (χ1v) is 6.09. The van der Waals surface area contributed by atoms with Gasteiger partial charge in [-0.2, -0.15) is 5.06 Å². The SMILES string of the molecule is Cc1c(ON(C)C)cccc1N1CCNCC1. The minimum atomic E-state index is 0.936. The highest BCUT2D eigenvalue weighted by Crippen LogP contribution is 2.28. The maximum Gasteiger partial charge on any atom is 0.152 e. The van der Waals surface area contributed by atoms with Crippen LogP contribution in [0.3, 0.4) is 0 Å². The van der Waals surface area contributed by atoms with Crippen molar-refractivity contribution < 1.29 is 4.84 Å². The van der Waals surface area contributed by atoms with Crippen LogP contribution in [0, 0.1) is 6.92 Å². The molecule has 1 aromatic carbocycles. The van der Waals surface area contributed by atoms with Gasteiger partial charge in [0.05, 0.1) is 0 Å². The third-order valence-electron chi connectivity index (χ3n) is 2.99. The molecule has 1 aliphatic heterocycles. The third-order valence-corrected chi connectivity index (χ3v) is 2.99. The largest absolute Gasteiger partial charge is 0.406 e. The van der Waals surface area contributed by atoms with Gasteiger partial charge in [-0.1, -0.05) is 6.07 Å². The number of hydrogen-bond acceptors (Lipinski definition) is 4. The Balaban J connectivity index is 2.21. The molecule has 2 rings (SSSR count). The van der Waals surface area contributed by atoms with Crippen LogP contribution >= 0.6 is 0 Å². The van der Waals surface area contributed by atoms with Crippen molar-refractivity contribution in [1.82, 2.24) is 10.4 Å². The zero-order valence-electron chi connectivity index (χ0n) is 10.9. The van der Waals surface area contributed by atoms with E-state index in [0.717, 1.165) is 31.9 Å². The Hall–Kier alpha value is -1.26. The molecule has 1 N–H and O–H groups in total. The molecule has 0 unspecified atom stereocenters. The minimum Gasteiger partial charge on any atom is -0.406 e. The number of rotatable bonds is 3. The summed E-state index contributed by atoms with van der Waals surface area (Å²) in [6, 6.07) is 6.24. The second-order valence-corrected chi connectivity index (χ2v) is 4.54. The molecule has 1 saturated heterocycles. The van der Waals surface area contributed by atoms with Gasteiger partial charge < -0.3 is 15.1 Å². The number of nitrogens with zero attached hydrogens (tertiary/aromatic N) is 2. The fraction of sp³-hybridized carbons (Fsp3) is 0.538. The van der Waals surface area contributed by atoms with E-state index in [1.54, 1.807) is 5.06 Å². The number of benzene rings is 1. The summed E-state index contributed by atoms with van der Waals surface area (Å²) >= 11 is 0. The summed E-state index contributed by atoms with van der Waals surface area (Å²) in [4.78, 5) is 8.08. The Morgan fingerprint density at radius 3 is 2.59 bits per heavy atom. The van der Waals surface area contributed by atoms with E-state index in [-0.39, 0.29) is 0 Å². The lowest BCUT2D eigenvalue weighted by Gasteiger charge is -2.31. The number of nitrogens with one attached hydrogen (secondary N) is 1. The predicted molar refractivity (Wildman–Crippen MR) is 70.6 cm³/mol. The number of hydrogen-bond donors (Lipinski definition) is 1. The zero-order chi connectivity index (χ0) is 12.3. The summed E-state index contributed by atoms with van der Waals surface area (Å²) in [6.45, 7) is 6.35. The second kappa shape index (κ2) is 5.38. The molecule has 94 valence electrons. The maximum atomic E-state index is 5.67. The highest BCUT2D eigenvalue weighted by Gasteiger charge is 2.14. The van der Waals surface area contributed by atoms with Crippen LogP contribution in [0.1, 0.15) is 5.56 Å². The monoisotopic (exact) mass is 235 g/mol. The van der Waals surface area contributed by atoms with Gasteiger partial charge in [-0.3, -0.25) is 0 Å². The van der Waals surface area contributed by atoms with Gasteiger partial charge in [-0.05, 0) is 19.1 Å². The third kappa shape index (κ3) is 2.90. The van der Waals surface area contributed by atoms with Crippen molar-refractivity contribution in [1.29, 1.82) is 0 Å². The molecule has 0 aliphatic carbocycles.